The Labute approximate surface area is 164 Å². The fourth-order valence-electron chi connectivity index (χ4n) is 3.94. The molecule has 0 aromatic carbocycles. The lowest BCUT2D eigenvalue weighted by Gasteiger charge is -2.35. The molecular formula is C22H25N5O. The highest BCUT2D eigenvalue weighted by Crippen LogP contribution is 2.30. The third kappa shape index (κ3) is 3.60. The van der Waals surface area contributed by atoms with E-state index in [0.29, 0.717) is 11.3 Å². The second-order valence-electron chi connectivity index (χ2n) is 7.83. The number of hydrogen-bond acceptors (Lipinski definition) is 4. The maximum absolute atomic E-state index is 12.6. The van der Waals surface area contributed by atoms with E-state index in [9.17, 15) is 4.79 Å². The molecule has 1 amide bonds. The molecule has 0 atom stereocenters. The summed E-state index contributed by atoms with van der Waals surface area (Å²) in [4.78, 5) is 21.7. The smallest absolute Gasteiger partial charge is 0.257 e. The molecule has 1 saturated heterocycles. The number of fused-ring (bicyclic) bond motifs is 1. The molecule has 1 aliphatic carbocycles. The summed E-state index contributed by atoms with van der Waals surface area (Å²) in [6.45, 7) is 5.56. The van der Waals surface area contributed by atoms with Crippen LogP contribution < -0.4 is 10.2 Å². The zero-order valence-electron chi connectivity index (χ0n) is 15.9. The van der Waals surface area contributed by atoms with Crippen molar-refractivity contribution in [2.24, 2.45) is 5.92 Å². The van der Waals surface area contributed by atoms with E-state index in [2.05, 4.69) is 36.6 Å². The summed E-state index contributed by atoms with van der Waals surface area (Å²) < 4.78 is 2.13. The topological polar surface area (TPSA) is 52.9 Å². The minimum absolute atomic E-state index is 0.121. The predicted octanol–water partition coefficient (Wildman–Crippen LogP) is 3.12. The van der Waals surface area contributed by atoms with Crippen LogP contribution in [-0.4, -0.2) is 52.9 Å². The molecule has 1 aliphatic heterocycles. The number of aromatic nitrogens is 2. The molecule has 1 saturated carbocycles. The monoisotopic (exact) mass is 375 g/mol. The maximum Gasteiger partial charge on any atom is 0.257 e. The molecule has 6 heteroatoms. The van der Waals surface area contributed by atoms with Crippen LogP contribution in [0.3, 0.4) is 0 Å². The van der Waals surface area contributed by atoms with Gasteiger partial charge in [-0.25, -0.2) is 0 Å². The van der Waals surface area contributed by atoms with Gasteiger partial charge in [0.05, 0.1) is 17.4 Å². The van der Waals surface area contributed by atoms with Crippen LogP contribution in [0.4, 0.5) is 11.5 Å². The number of amides is 1. The minimum atomic E-state index is -0.121. The van der Waals surface area contributed by atoms with E-state index in [1.165, 1.54) is 19.4 Å². The number of anilines is 2. The molecule has 0 bridgehead atoms. The third-order valence-corrected chi connectivity index (χ3v) is 5.72. The number of piperazine rings is 1. The summed E-state index contributed by atoms with van der Waals surface area (Å²) in [7, 11) is 0. The molecule has 0 radical (unpaired) electrons. The second kappa shape index (κ2) is 7.28. The van der Waals surface area contributed by atoms with E-state index in [-0.39, 0.29) is 5.91 Å². The molecule has 2 fully saturated rings. The first-order valence-electron chi connectivity index (χ1n) is 10.1. The number of hydrogen-bond donors (Lipinski definition) is 1. The van der Waals surface area contributed by atoms with Crippen molar-refractivity contribution in [1.29, 1.82) is 0 Å². The molecular weight excluding hydrogens is 350 g/mol. The predicted molar refractivity (Wildman–Crippen MR) is 111 cm³/mol. The molecule has 2 aliphatic rings. The Morgan fingerprint density at radius 1 is 1.07 bits per heavy atom. The van der Waals surface area contributed by atoms with Gasteiger partial charge < -0.3 is 14.6 Å². The van der Waals surface area contributed by atoms with E-state index < -0.39 is 0 Å². The van der Waals surface area contributed by atoms with Gasteiger partial charge in [-0.2, -0.15) is 0 Å². The van der Waals surface area contributed by atoms with Crippen molar-refractivity contribution in [3.05, 3.63) is 60.6 Å². The Kier molecular flexibility index (Phi) is 4.49. The molecule has 0 unspecified atom stereocenters. The number of pyridine rings is 2. The second-order valence-corrected chi connectivity index (χ2v) is 7.83. The van der Waals surface area contributed by atoms with Crippen LogP contribution in [0.15, 0.2) is 55.0 Å². The summed E-state index contributed by atoms with van der Waals surface area (Å²) in [5, 5.41) is 2.91. The van der Waals surface area contributed by atoms with Gasteiger partial charge in [-0.05, 0) is 55.2 Å². The lowest BCUT2D eigenvalue weighted by molar-refractivity contribution is 0.102. The molecule has 5 rings (SSSR count). The Morgan fingerprint density at radius 2 is 1.89 bits per heavy atom. The fraction of sp³-hybridized carbons (Fsp3) is 0.364. The van der Waals surface area contributed by atoms with Crippen molar-refractivity contribution in [2.75, 3.05) is 42.9 Å². The van der Waals surface area contributed by atoms with E-state index in [0.717, 1.165) is 43.4 Å². The van der Waals surface area contributed by atoms with Crippen LogP contribution in [0, 0.1) is 5.92 Å². The number of nitrogens with zero attached hydrogens (tertiary/aromatic N) is 4. The molecule has 144 valence electrons. The number of carbonyl (C=O) groups is 1. The quantitative estimate of drug-likeness (QED) is 0.744. The van der Waals surface area contributed by atoms with E-state index in [4.69, 9.17) is 0 Å². The van der Waals surface area contributed by atoms with Gasteiger partial charge in [-0.3, -0.25) is 14.7 Å². The van der Waals surface area contributed by atoms with Crippen molar-refractivity contribution in [3.63, 3.8) is 0 Å². The normalized spacial score (nSPS) is 17.8. The molecule has 3 aromatic heterocycles. The largest absolute Gasteiger partial charge is 0.355 e. The van der Waals surface area contributed by atoms with Crippen molar-refractivity contribution in [1.82, 2.24) is 14.3 Å². The van der Waals surface area contributed by atoms with E-state index in [1.54, 1.807) is 12.4 Å². The summed E-state index contributed by atoms with van der Waals surface area (Å²) in [5.41, 5.74) is 2.45. The number of nitrogens with one attached hydrogen (secondary N) is 1. The SMILES string of the molecule is O=C(Nc1cccnc1)c1ccc2ccc(N3CCN(CC4CC4)CC3)n2c1. The molecule has 3 aromatic rings. The molecule has 6 nitrogen and oxygen atoms in total. The van der Waals surface area contributed by atoms with E-state index >= 15 is 0 Å². The maximum atomic E-state index is 12.6. The van der Waals surface area contributed by atoms with Crippen LogP contribution in [-0.2, 0) is 0 Å². The zero-order valence-corrected chi connectivity index (χ0v) is 15.9. The van der Waals surface area contributed by atoms with Gasteiger partial charge in [0.25, 0.3) is 5.91 Å². The minimum Gasteiger partial charge on any atom is -0.355 e. The van der Waals surface area contributed by atoms with Gasteiger partial charge in [0.15, 0.2) is 0 Å². The van der Waals surface area contributed by atoms with Gasteiger partial charge in [0, 0.05) is 50.6 Å². The van der Waals surface area contributed by atoms with Gasteiger partial charge in [0.1, 0.15) is 5.82 Å². The molecule has 28 heavy (non-hydrogen) atoms. The summed E-state index contributed by atoms with van der Waals surface area (Å²) in [6.07, 6.45) is 8.10. The van der Waals surface area contributed by atoms with Crippen molar-refractivity contribution >= 4 is 22.9 Å². The standard InChI is InChI=1S/C22H25N5O/c28-22(24-19-2-1-9-23-14-19)18-5-6-20-7-8-21(27(20)16-18)26-12-10-25(11-13-26)15-17-3-4-17/h1-2,5-9,14,16-17H,3-4,10-13,15H2,(H,24,28). The first-order chi connectivity index (χ1) is 13.8. The Morgan fingerprint density at radius 3 is 2.64 bits per heavy atom. The Hall–Kier alpha value is -2.86. The zero-order chi connectivity index (χ0) is 18.9. The highest BCUT2D eigenvalue weighted by molar-refractivity contribution is 6.04. The van der Waals surface area contributed by atoms with Crippen molar-refractivity contribution in [3.8, 4) is 0 Å². The summed E-state index contributed by atoms with van der Waals surface area (Å²) in [6, 6.07) is 11.8. The summed E-state index contributed by atoms with van der Waals surface area (Å²) >= 11 is 0. The molecule has 0 spiro atoms. The van der Waals surface area contributed by atoms with E-state index in [1.807, 2.05) is 30.5 Å². The van der Waals surface area contributed by atoms with Crippen LogP contribution in [0.1, 0.15) is 23.2 Å². The fourth-order valence-corrected chi connectivity index (χ4v) is 3.94. The molecule has 1 N–H and O–H groups in total. The first-order valence-corrected chi connectivity index (χ1v) is 10.1. The average Bonchev–Trinajstić information content (AvgIpc) is 3.45. The van der Waals surface area contributed by atoms with Crippen LogP contribution >= 0.6 is 0 Å². The lowest BCUT2D eigenvalue weighted by Crippen LogP contribution is -2.47. The van der Waals surface area contributed by atoms with Gasteiger partial charge in [0.2, 0.25) is 0 Å². The lowest BCUT2D eigenvalue weighted by atomic mass is 10.2. The number of rotatable bonds is 5. The Balaban J connectivity index is 1.33. The van der Waals surface area contributed by atoms with Crippen LogP contribution in [0.25, 0.3) is 5.52 Å². The Bertz CT molecular complexity index is 971. The molecule has 4 heterocycles. The average molecular weight is 375 g/mol. The van der Waals surface area contributed by atoms with Gasteiger partial charge in [-0.15, -0.1) is 0 Å². The van der Waals surface area contributed by atoms with Crippen LogP contribution in [0.5, 0.6) is 0 Å². The van der Waals surface area contributed by atoms with Crippen molar-refractivity contribution in [2.45, 2.75) is 12.8 Å². The van der Waals surface area contributed by atoms with Crippen molar-refractivity contribution < 1.29 is 4.79 Å². The third-order valence-electron chi connectivity index (χ3n) is 5.72. The van der Waals surface area contributed by atoms with Gasteiger partial charge in [-0.1, -0.05) is 0 Å². The highest BCUT2D eigenvalue weighted by atomic mass is 16.1. The first kappa shape index (κ1) is 17.3. The summed E-state index contributed by atoms with van der Waals surface area (Å²) in [5.74, 6) is 1.99. The van der Waals surface area contributed by atoms with Crippen LogP contribution in [0.2, 0.25) is 0 Å². The van der Waals surface area contributed by atoms with Gasteiger partial charge >= 0.3 is 0 Å². The number of carbonyl (C=O) groups excluding carboxylic acids is 1. The highest BCUT2D eigenvalue weighted by Gasteiger charge is 2.27.